The SMILES string of the molecule is CC(O)c1ccc(NCCCC2COC(C)(C)O2)cc1. The van der Waals surface area contributed by atoms with Crippen LogP contribution in [0.4, 0.5) is 5.69 Å². The fourth-order valence-electron chi connectivity index (χ4n) is 2.35. The van der Waals surface area contributed by atoms with Gasteiger partial charge in [0.2, 0.25) is 0 Å². The zero-order valence-corrected chi connectivity index (χ0v) is 12.6. The Labute approximate surface area is 121 Å². The molecule has 0 bridgehead atoms. The third-order valence-corrected chi connectivity index (χ3v) is 3.49. The molecular weight excluding hydrogens is 254 g/mol. The van der Waals surface area contributed by atoms with Crippen LogP contribution in [0.15, 0.2) is 24.3 Å². The van der Waals surface area contributed by atoms with E-state index in [1.807, 2.05) is 38.1 Å². The molecule has 20 heavy (non-hydrogen) atoms. The number of hydrogen-bond donors (Lipinski definition) is 2. The van der Waals surface area contributed by atoms with Gasteiger partial charge in [0, 0.05) is 12.2 Å². The Balaban J connectivity index is 1.66. The maximum Gasteiger partial charge on any atom is 0.163 e. The quantitative estimate of drug-likeness (QED) is 0.786. The highest BCUT2D eigenvalue weighted by atomic mass is 16.7. The molecule has 1 aliphatic heterocycles. The summed E-state index contributed by atoms with van der Waals surface area (Å²) < 4.78 is 11.3. The van der Waals surface area contributed by atoms with Gasteiger partial charge in [-0.15, -0.1) is 0 Å². The Kier molecular flexibility index (Phi) is 5.02. The molecule has 1 aromatic rings. The summed E-state index contributed by atoms with van der Waals surface area (Å²) in [6.07, 6.45) is 1.85. The standard InChI is InChI=1S/C16H25NO3/c1-12(18)13-6-8-14(9-7-13)17-10-4-5-15-11-19-16(2,3)20-15/h6-9,12,15,17-18H,4-5,10-11H2,1-3H3. The molecule has 2 rings (SSSR count). The first kappa shape index (κ1) is 15.3. The second-order valence-electron chi connectivity index (χ2n) is 5.82. The second kappa shape index (κ2) is 6.57. The number of nitrogens with one attached hydrogen (secondary N) is 1. The Bertz CT molecular complexity index is 414. The van der Waals surface area contributed by atoms with Crippen molar-refractivity contribution < 1.29 is 14.6 Å². The lowest BCUT2D eigenvalue weighted by molar-refractivity contribution is -0.138. The molecule has 2 N–H and O–H groups in total. The summed E-state index contributed by atoms with van der Waals surface area (Å²) in [6, 6.07) is 7.90. The Morgan fingerprint density at radius 2 is 2.05 bits per heavy atom. The van der Waals surface area contributed by atoms with Gasteiger partial charge in [-0.1, -0.05) is 12.1 Å². The zero-order valence-electron chi connectivity index (χ0n) is 12.6. The summed E-state index contributed by atoms with van der Waals surface area (Å²) in [7, 11) is 0. The summed E-state index contributed by atoms with van der Waals surface area (Å²) in [4.78, 5) is 0. The van der Waals surface area contributed by atoms with E-state index in [0.29, 0.717) is 6.61 Å². The minimum atomic E-state index is -0.422. The van der Waals surface area contributed by atoms with Gasteiger partial charge in [-0.25, -0.2) is 0 Å². The van der Waals surface area contributed by atoms with Crippen LogP contribution in [-0.2, 0) is 9.47 Å². The van der Waals surface area contributed by atoms with Gasteiger partial charge in [-0.3, -0.25) is 0 Å². The van der Waals surface area contributed by atoms with Crippen molar-refractivity contribution in [3.63, 3.8) is 0 Å². The number of ether oxygens (including phenoxy) is 2. The van der Waals surface area contributed by atoms with Crippen LogP contribution in [-0.4, -0.2) is 30.1 Å². The van der Waals surface area contributed by atoms with Crippen LogP contribution in [0.5, 0.6) is 0 Å². The number of aliphatic hydroxyl groups excluding tert-OH is 1. The Morgan fingerprint density at radius 1 is 1.35 bits per heavy atom. The first-order valence-corrected chi connectivity index (χ1v) is 7.30. The lowest BCUT2D eigenvalue weighted by Gasteiger charge is -2.17. The minimum Gasteiger partial charge on any atom is -0.389 e. The first-order valence-electron chi connectivity index (χ1n) is 7.30. The van der Waals surface area contributed by atoms with Crippen LogP contribution >= 0.6 is 0 Å². The van der Waals surface area contributed by atoms with E-state index in [4.69, 9.17) is 9.47 Å². The molecule has 0 spiro atoms. The average molecular weight is 279 g/mol. The third-order valence-electron chi connectivity index (χ3n) is 3.49. The van der Waals surface area contributed by atoms with E-state index in [0.717, 1.165) is 30.6 Å². The predicted octanol–water partition coefficient (Wildman–Crippen LogP) is 3.08. The van der Waals surface area contributed by atoms with Crippen molar-refractivity contribution >= 4 is 5.69 Å². The molecule has 2 unspecified atom stereocenters. The van der Waals surface area contributed by atoms with E-state index in [-0.39, 0.29) is 6.10 Å². The average Bonchev–Trinajstić information content (AvgIpc) is 2.75. The van der Waals surface area contributed by atoms with Crippen molar-refractivity contribution in [1.29, 1.82) is 0 Å². The van der Waals surface area contributed by atoms with Crippen molar-refractivity contribution in [2.75, 3.05) is 18.5 Å². The van der Waals surface area contributed by atoms with Crippen LogP contribution < -0.4 is 5.32 Å². The van der Waals surface area contributed by atoms with Crippen LogP contribution in [0.1, 0.15) is 45.3 Å². The molecule has 1 fully saturated rings. The highest BCUT2D eigenvalue weighted by Gasteiger charge is 2.31. The number of anilines is 1. The fourth-order valence-corrected chi connectivity index (χ4v) is 2.35. The molecule has 1 saturated heterocycles. The Morgan fingerprint density at radius 3 is 2.60 bits per heavy atom. The molecule has 1 aromatic carbocycles. The molecule has 0 radical (unpaired) electrons. The van der Waals surface area contributed by atoms with Crippen molar-refractivity contribution in [2.24, 2.45) is 0 Å². The van der Waals surface area contributed by atoms with Crippen molar-refractivity contribution in [2.45, 2.75) is 51.6 Å². The predicted molar refractivity (Wildman–Crippen MR) is 79.7 cm³/mol. The van der Waals surface area contributed by atoms with Crippen molar-refractivity contribution in [3.8, 4) is 0 Å². The molecule has 0 saturated carbocycles. The van der Waals surface area contributed by atoms with Gasteiger partial charge in [0.1, 0.15) is 0 Å². The molecule has 4 heteroatoms. The van der Waals surface area contributed by atoms with E-state index in [2.05, 4.69) is 5.32 Å². The summed E-state index contributed by atoms with van der Waals surface area (Å²) in [6.45, 7) is 7.28. The lowest BCUT2D eigenvalue weighted by Crippen LogP contribution is -2.21. The topological polar surface area (TPSA) is 50.7 Å². The zero-order chi connectivity index (χ0) is 14.6. The number of benzene rings is 1. The van der Waals surface area contributed by atoms with Crippen LogP contribution in [0, 0.1) is 0 Å². The monoisotopic (exact) mass is 279 g/mol. The molecule has 0 amide bonds. The van der Waals surface area contributed by atoms with Gasteiger partial charge in [-0.2, -0.15) is 0 Å². The van der Waals surface area contributed by atoms with Gasteiger partial charge in [-0.05, 0) is 51.3 Å². The Hall–Kier alpha value is -1.10. The fraction of sp³-hybridized carbons (Fsp3) is 0.625. The van der Waals surface area contributed by atoms with Crippen LogP contribution in [0.2, 0.25) is 0 Å². The van der Waals surface area contributed by atoms with E-state index in [9.17, 15) is 5.11 Å². The minimum absolute atomic E-state index is 0.212. The summed E-state index contributed by atoms with van der Waals surface area (Å²) in [5, 5.41) is 12.8. The lowest BCUT2D eigenvalue weighted by atomic mass is 10.1. The highest BCUT2D eigenvalue weighted by Crippen LogP contribution is 2.24. The second-order valence-corrected chi connectivity index (χ2v) is 5.82. The normalized spacial score (nSPS) is 22.7. The number of hydrogen-bond acceptors (Lipinski definition) is 4. The molecule has 1 heterocycles. The summed E-state index contributed by atoms with van der Waals surface area (Å²) in [5.41, 5.74) is 2.02. The number of rotatable bonds is 6. The van der Waals surface area contributed by atoms with Gasteiger partial charge in [0.05, 0.1) is 18.8 Å². The van der Waals surface area contributed by atoms with Crippen molar-refractivity contribution in [3.05, 3.63) is 29.8 Å². The summed E-state index contributed by atoms with van der Waals surface area (Å²) >= 11 is 0. The summed E-state index contributed by atoms with van der Waals surface area (Å²) in [5.74, 6) is -0.422. The van der Waals surface area contributed by atoms with E-state index in [1.165, 1.54) is 0 Å². The van der Waals surface area contributed by atoms with Crippen LogP contribution in [0.25, 0.3) is 0 Å². The molecule has 1 aliphatic rings. The maximum atomic E-state index is 9.45. The van der Waals surface area contributed by atoms with Gasteiger partial charge >= 0.3 is 0 Å². The van der Waals surface area contributed by atoms with Gasteiger partial charge < -0.3 is 19.9 Å². The van der Waals surface area contributed by atoms with Crippen LogP contribution in [0.3, 0.4) is 0 Å². The van der Waals surface area contributed by atoms with E-state index < -0.39 is 11.9 Å². The van der Waals surface area contributed by atoms with Crippen molar-refractivity contribution in [1.82, 2.24) is 0 Å². The molecule has 2 atom stereocenters. The van der Waals surface area contributed by atoms with Gasteiger partial charge in [0.15, 0.2) is 5.79 Å². The molecule has 4 nitrogen and oxygen atoms in total. The van der Waals surface area contributed by atoms with E-state index in [1.54, 1.807) is 6.92 Å². The first-order chi connectivity index (χ1) is 9.46. The third kappa shape index (κ3) is 4.47. The largest absolute Gasteiger partial charge is 0.389 e. The molecule has 0 aromatic heterocycles. The smallest absolute Gasteiger partial charge is 0.163 e. The molecule has 0 aliphatic carbocycles. The maximum absolute atomic E-state index is 9.45. The highest BCUT2D eigenvalue weighted by molar-refractivity contribution is 5.44. The van der Waals surface area contributed by atoms with Gasteiger partial charge in [0.25, 0.3) is 0 Å². The molecule has 112 valence electrons. The molecular formula is C16H25NO3. The number of aliphatic hydroxyl groups is 1. The van der Waals surface area contributed by atoms with E-state index >= 15 is 0 Å².